The third-order valence-corrected chi connectivity index (χ3v) is 6.07. The first-order chi connectivity index (χ1) is 13.4. The van der Waals surface area contributed by atoms with Crippen molar-refractivity contribution in [2.45, 2.75) is 26.3 Å². The molecular formula is C21H17FN2O3S. The lowest BCUT2D eigenvalue weighted by Gasteiger charge is -2.14. The first-order valence-corrected chi connectivity index (χ1v) is 9.67. The number of likely N-dealkylation sites (tertiary alicyclic amines) is 1. The lowest BCUT2D eigenvalue weighted by atomic mass is 10.1. The monoisotopic (exact) mass is 396 g/mol. The number of nitrogens with one attached hydrogen (secondary N) is 1. The maximum Gasteiger partial charge on any atom is 0.266 e. The first-order valence-electron chi connectivity index (χ1n) is 8.85. The number of carbonyl (C=O) groups is 3. The van der Waals surface area contributed by atoms with E-state index in [2.05, 4.69) is 5.32 Å². The van der Waals surface area contributed by atoms with Crippen LogP contribution in [0.4, 0.5) is 10.1 Å². The Morgan fingerprint density at radius 2 is 1.79 bits per heavy atom. The fraction of sp³-hybridized carbons (Fsp3) is 0.190. The number of thiophene rings is 1. The molecule has 0 radical (unpaired) electrons. The quantitative estimate of drug-likeness (QED) is 0.671. The van der Waals surface area contributed by atoms with Crippen molar-refractivity contribution in [1.29, 1.82) is 0 Å². The van der Waals surface area contributed by atoms with Crippen molar-refractivity contribution in [2.24, 2.45) is 0 Å². The van der Waals surface area contributed by atoms with Gasteiger partial charge >= 0.3 is 0 Å². The number of benzene rings is 2. The molecule has 142 valence electrons. The molecule has 1 aromatic heterocycles. The van der Waals surface area contributed by atoms with Gasteiger partial charge in [0, 0.05) is 28.6 Å². The van der Waals surface area contributed by atoms with Crippen molar-refractivity contribution in [3.05, 3.63) is 64.3 Å². The first kappa shape index (κ1) is 18.3. The Bertz CT molecular complexity index is 1090. The van der Waals surface area contributed by atoms with Crippen LogP contribution in [0.3, 0.4) is 0 Å². The van der Waals surface area contributed by atoms with Crippen molar-refractivity contribution in [1.82, 2.24) is 4.90 Å². The minimum atomic E-state index is -0.333. The highest BCUT2D eigenvalue weighted by atomic mass is 32.1. The Morgan fingerprint density at radius 3 is 2.43 bits per heavy atom. The number of fused-ring (bicyclic) bond motifs is 1. The molecule has 2 aromatic carbocycles. The molecule has 3 amide bonds. The van der Waals surface area contributed by atoms with Gasteiger partial charge in [0.2, 0.25) is 11.8 Å². The molecule has 0 spiro atoms. The van der Waals surface area contributed by atoms with Crippen LogP contribution in [0.5, 0.6) is 0 Å². The third-order valence-electron chi connectivity index (χ3n) is 4.82. The highest BCUT2D eigenvalue weighted by molar-refractivity contribution is 7.21. The van der Waals surface area contributed by atoms with Crippen LogP contribution in [0.25, 0.3) is 10.1 Å². The molecule has 5 nitrogen and oxygen atoms in total. The highest BCUT2D eigenvalue weighted by Gasteiger charge is 2.28. The number of aryl methyl sites for hydroxylation is 1. The molecule has 0 bridgehead atoms. The zero-order chi connectivity index (χ0) is 19.8. The van der Waals surface area contributed by atoms with Crippen LogP contribution in [-0.2, 0) is 16.1 Å². The van der Waals surface area contributed by atoms with Gasteiger partial charge in [0.05, 0.1) is 11.4 Å². The molecule has 2 heterocycles. The van der Waals surface area contributed by atoms with Gasteiger partial charge in [-0.1, -0.05) is 18.2 Å². The van der Waals surface area contributed by atoms with E-state index >= 15 is 0 Å². The summed E-state index contributed by atoms with van der Waals surface area (Å²) in [5.74, 6) is -0.943. The summed E-state index contributed by atoms with van der Waals surface area (Å²) in [5, 5.41) is 3.30. The molecule has 0 aliphatic carbocycles. The number of anilines is 1. The number of hydrogen-bond donors (Lipinski definition) is 1. The normalized spacial score (nSPS) is 14.1. The lowest BCUT2D eigenvalue weighted by molar-refractivity contribution is -0.139. The number of nitrogens with zero attached hydrogens (tertiary/aromatic N) is 1. The van der Waals surface area contributed by atoms with Gasteiger partial charge in [-0.15, -0.1) is 11.3 Å². The summed E-state index contributed by atoms with van der Waals surface area (Å²) in [6, 6.07) is 11.8. The number of imide groups is 1. The van der Waals surface area contributed by atoms with Crippen LogP contribution in [-0.4, -0.2) is 22.6 Å². The molecule has 7 heteroatoms. The lowest BCUT2D eigenvalue weighted by Crippen LogP contribution is -2.28. The Morgan fingerprint density at radius 1 is 1.11 bits per heavy atom. The predicted molar refractivity (Wildman–Crippen MR) is 106 cm³/mol. The van der Waals surface area contributed by atoms with Gasteiger partial charge in [0.1, 0.15) is 5.82 Å². The predicted octanol–water partition coefficient (Wildman–Crippen LogP) is 4.25. The van der Waals surface area contributed by atoms with Crippen molar-refractivity contribution in [2.75, 3.05) is 5.32 Å². The second-order valence-corrected chi connectivity index (χ2v) is 7.75. The van der Waals surface area contributed by atoms with Gasteiger partial charge in [0.15, 0.2) is 0 Å². The number of rotatable bonds is 4. The summed E-state index contributed by atoms with van der Waals surface area (Å²) >= 11 is 1.26. The van der Waals surface area contributed by atoms with E-state index in [0.717, 1.165) is 10.3 Å². The second-order valence-electron chi connectivity index (χ2n) is 6.69. The van der Waals surface area contributed by atoms with E-state index in [0.29, 0.717) is 21.5 Å². The summed E-state index contributed by atoms with van der Waals surface area (Å²) in [7, 11) is 0. The van der Waals surface area contributed by atoms with E-state index in [-0.39, 0.29) is 42.9 Å². The minimum Gasteiger partial charge on any atom is -0.321 e. The smallest absolute Gasteiger partial charge is 0.266 e. The fourth-order valence-corrected chi connectivity index (χ4v) is 4.45. The van der Waals surface area contributed by atoms with Crippen molar-refractivity contribution in [3.8, 4) is 0 Å². The largest absolute Gasteiger partial charge is 0.321 e. The summed E-state index contributed by atoms with van der Waals surface area (Å²) in [6.45, 7) is 1.98. The summed E-state index contributed by atoms with van der Waals surface area (Å²) in [4.78, 5) is 37.8. The Kier molecular flexibility index (Phi) is 4.68. The maximum absolute atomic E-state index is 14.0. The molecule has 1 N–H and O–H groups in total. The van der Waals surface area contributed by atoms with E-state index in [1.54, 1.807) is 43.3 Å². The van der Waals surface area contributed by atoms with Gasteiger partial charge in [0.25, 0.3) is 5.91 Å². The zero-order valence-electron chi connectivity index (χ0n) is 15.1. The molecule has 1 saturated heterocycles. The number of halogens is 1. The van der Waals surface area contributed by atoms with Crippen LogP contribution in [0.15, 0.2) is 42.5 Å². The SMILES string of the molecule is Cc1c(C(=O)Nc2ccc(CN3C(=O)CCC3=O)cc2)sc2cccc(F)c12. The Labute approximate surface area is 164 Å². The number of amides is 3. The zero-order valence-corrected chi connectivity index (χ0v) is 15.9. The van der Waals surface area contributed by atoms with E-state index in [9.17, 15) is 18.8 Å². The molecule has 1 aliphatic rings. The van der Waals surface area contributed by atoms with E-state index in [4.69, 9.17) is 0 Å². The topological polar surface area (TPSA) is 66.5 Å². The molecule has 1 aliphatic heterocycles. The average Bonchev–Trinajstić information content (AvgIpc) is 3.18. The van der Waals surface area contributed by atoms with E-state index < -0.39 is 0 Å². The Balaban J connectivity index is 1.49. The van der Waals surface area contributed by atoms with Crippen LogP contribution in [0.2, 0.25) is 0 Å². The molecule has 4 rings (SSSR count). The van der Waals surface area contributed by atoms with Crippen LogP contribution in [0.1, 0.15) is 33.6 Å². The Hall–Kier alpha value is -3.06. The second kappa shape index (κ2) is 7.16. The number of hydrogen-bond acceptors (Lipinski definition) is 4. The minimum absolute atomic E-state index is 0.158. The standard InChI is InChI=1S/C21H17FN2O3S/c1-12-19-15(22)3-2-4-16(19)28-20(12)21(27)23-14-7-5-13(6-8-14)11-24-17(25)9-10-18(24)26/h2-8H,9-11H2,1H3,(H,23,27). The van der Waals surface area contributed by atoms with Gasteiger partial charge in [-0.25, -0.2) is 4.39 Å². The molecule has 0 atom stereocenters. The third kappa shape index (κ3) is 3.29. The summed E-state index contributed by atoms with van der Waals surface area (Å²) in [5.41, 5.74) is 2.02. The van der Waals surface area contributed by atoms with Crippen LogP contribution < -0.4 is 5.32 Å². The maximum atomic E-state index is 14.0. The summed E-state index contributed by atoms with van der Waals surface area (Å²) < 4.78 is 14.8. The van der Waals surface area contributed by atoms with E-state index in [1.165, 1.54) is 22.3 Å². The fourth-order valence-electron chi connectivity index (χ4n) is 3.33. The molecule has 0 saturated carbocycles. The van der Waals surface area contributed by atoms with Gasteiger partial charge < -0.3 is 5.32 Å². The van der Waals surface area contributed by atoms with Gasteiger partial charge in [-0.3, -0.25) is 19.3 Å². The molecule has 28 heavy (non-hydrogen) atoms. The van der Waals surface area contributed by atoms with Gasteiger partial charge in [-0.2, -0.15) is 0 Å². The number of carbonyl (C=O) groups excluding carboxylic acids is 3. The van der Waals surface area contributed by atoms with Crippen LogP contribution in [0, 0.1) is 12.7 Å². The van der Waals surface area contributed by atoms with Crippen molar-refractivity contribution < 1.29 is 18.8 Å². The average molecular weight is 396 g/mol. The van der Waals surface area contributed by atoms with Gasteiger partial charge in [-0.05, 0) is 42.3 Å². The highest BCUT2D eigenvalue weighted by Crippen LogP contribution is 2.33. The summed E-state index contributed by atoms with van der Waals surface area (Å²) in [6.07, 6.45) is 0.532. The van der Waals surface area contributed by atoms with Crippen molar-refractivity contribution in [3.63, 3.8) is 0 Å². The molecule has 3 aromatic rings. The van der Waals surface area contributed by atoms with Crippen molar-refractivity contribution >= 4 is 44.8 Å². The van der Waals surface area contributed by atoms with Crippen LogP contribution >= 0.6 is 11.3 Å². The van der Waals surface area contributed by atoms with E-state index in [1.807, 2.05) is 0 Å². The molecule has 0 unspecified atom stereocenters. The molecular weight excluding hydrogens is 379 g/mol. The molecule has 1 fully saturated rings.